The third-order valence-electron chi connectivity index (χ3n) is 10.9. The van der Waals surface area contributed by atoms with Crippen LogP contribution in [-0.2, 0) is 21.7 Å². The van der Waals surface area contributed by atoms with Crippen LogP contribution in [0.3, 0.4) is 0 Å². The average molecular weight is 547 g/mol. The number of rotatable bonds is 2. The van der Waals surface area contributed by atoms with Gasteiger partial charge in [-0.2, -0.15) is 0 Å². The Labute approximate surface area is 236 Å². The molecule has 3 heterocycles. The minimum absolute atomic E-state index is 0.354. The van der Waals surface area contributed by atoms with Gasteiger partial charge in [-0.3, -0.25) is 0 Å². The highest BCUT2D eigenvalue weighted by Gasteiger charge is 2.68. The Morgan fingerprint density at radius 3 is 1.51 bits per heavy atom. The molecule has 5 heteroatoms. The Balaban J connectivity index is 1.49. The molecular weight excluding hydrogens is 500 g/mol. The predicted molar refractivity (Wildman–Crippen MR) is 157 cm³/mol. The van der Waals surface area contributed by atoms with Crippen LogP contribution in [0.25, 0.3) is 11.1 Å². The molecule has 2 fully saturated rings. The highest BCUT2D eigenvalue weighted by molar-refractivity contribution is 6.56. The van der Waals surface area contributed by atoms with Crippen molar-refractivity contribution in [1.82, 2.24) is 0 Å². The Morgan fingerprint density at radius 2 is 1.10 bits per heavy atom. The number of hydrogen-bond acceptors (Lipinski definition) is 4. The smallest absolute Gasteiger partial charge is 0.470 e. The molecule has 0 N–H and O–H groups in total. The van der Waals surface area contributed by atoms with E-state index in [1.54, 1.807) is 0 Å². The van der Waals surface area contributed by atoms with Crippen molar-refractivity contribution in [2.75, 3.05) is 0 Å². The summed E-state index contributed by atoms with van der Waals surface area (Å²) in [6, 6.07) is 13.3. The summed E-state index contributed by atoms with van der Waals surface area (Å²) in [4.78, 5) is 0. The zero-order valence-electron chi connectivity index (χ0n) is 24.7. The van der Waals surface area contributed by atoms with Gasteiger partial charge in [0.1, 0.15) is 11.5 Å². The molecule has 7 rings (SSSR count). The van der Waals surface area contributed by atoms with Crippen LogP contribution in [0.15, 0.2) is 36.4 Å². The predicted octanol–water partition coefficient (Wildman–Crippen LogP) is 8.37. The highest BCUT2D eigenvalue weighted by atomic mass is 28.4. The summed E-state index contributed by atoms with van der Waals surface area (Å²) in [6.07, 6.45) is 8.62. The van der Waals surface area contributed by atoms with Crippen LogP contribution in [-0.4, -0.2) is 20.3 Å². The van der Waals surface area contributed by atoms with Crippen molar-refractivity contribution < 1.29 is 17.7 Å². The first-order valence-electron chi connectivity index (χ1n) is 15.6. The van der Waals surface area contributed by atoms with Gasteiger partial charge in [0.05, 0.1) is 11.2 Å². The zero-order chi connectivity index (χ0) is 27.2. The first kappa shape index (κ1) is 26.1. The van der Waals surface area contributed by atoms with Crippen molar-refractivity contribution >= 4 is 9.05 Å². The van der Waals surface area contributed by atoms with Crippen molar-refractivity contribution in [3.63, 3.8) is 0 Å². The third-order valence-corrected chi connectivity index (χ3v) is 13.1. The van der Waals surface area contributed by atoms with Crippen molar-refractivity contribution in [3.05, 3.63) is 47.5 Å². The van der Waals surface area contributed by atoms with E-state index in [1.165, 1.54) is 36.8 Å². The van der Waals surface area contributed by atoms with E-state index < -0.39 is 9.05 Å². The van der Waals surface area contributed by atoms with Gasteiger partial charge in [0.15, 0.2) is 0 Å². The molecule has 4 nitrogen and oxygen atoms in total. The molecule has 5 aliphatic rings. The van der Waals surface area contributed by atoms with Crippen LogP contribution in [0.5, 0.6) is 11.5 Å². The summed E-state index contributed by atoms with van der Waals surface area (Å²) >= 11 is 0. The molecule has 0 radical (unpaired) electrons. The summed E-state index contributed by atoms with van der Waals surface area (Å²) in [6.45, 7) is 14.3. The second-order valence-corrected chi connectivity index (χ2v) is 16.3. The zero-order valence-corrected chi connectivity index (χ0v) is 25.7. The van der Waals surface area contributed by atoms with Gasteiger partial charge in [-0.15, -0.1) is 0 Å². The number of fused-ring (bicyclic) bond motifs is 1. The van der Waals surface area contributed by atoms with Crippen LogP contribution >= 0.6 is 0 Å². The SMILES string of the molecule is CC(C)[C@@H]1CC[C@@H](C)C[C@@]12Cc1cccc3c1O[Si]1(Oc4c(cccc4-3)C[C@@]3(C[C@H](C)CC[C@H]3C(C)C)O1)O2. The van der Waals surface area contributed by atoms with Crippen LogP contribution in [0, 0.1) is 35.5 Å². The average Bonchev–Trinajstić information content (AvgIpc) is 3.14. The molecule has 210 valence electrons. The second kappa shape index (κ2) is 9.09. The molecule has 3 spiro atoms. The van der Waals surface area contributed by atoms with E-state index in [9.17, 15) is 0 Å². The second-order valence-electron chi connectivity index (χ2n) is 14.5. The van der Waals surface area contributed by atoms with Gasteiger partial charge in [-0.25, -0.2) is 0 Å². The first-order chi connectivity index (χ1) is 18.6. The van der Waals surface area contributed by atoms with Crippen molar-refractivity contribution in [2.45, 2.75) is 104 Å². The third kappa shape index (κ3) is 4.05. The molecule has 0 aromatic heterocycles. The highest BCUT2D eigenvalue weighted by Crippen LogP contribution is 2.58. The molecule has 3 bridgehead atoms. The van der Waals surface area contributed by atoms with Crippen LogP contribution in [0.1, 0.15) is 91.2 Å². The lowest BCUT2D eigenvalue weighted by Gasteiger charge is -2.52. The molecule has 2 aromatic carbocycles. The van der Waals surface area contributed by atoms with E-state index in [2.05, 4.69) is 77.9 Å². The standard InChI is InChI=1S/C34H46O4Si/c1-21(2)29-15-13-23(5)17-33(29)19-25-9-7-11-27-28-12-8-10-26-20-34(18-24(6)14-16-30(34)22(3)4)38-39(37-33,35-31(25)27)36-32(26)28/h7-12,21-24,29-30H,13-20H2,1-6H3/t23-,24-,29+,30+,33-,34-,39?/m1/s1. The lowest BCUT2D eigenvalue weighted by atomic mass is 9.64. The van der Waals surface area contributed by atoms with Gasteiger partial charge in [0, 0.05) is 24.0 Å². The monoisotopic (exact) mass is 546 g/mol. The molecule has 0 unspecified atom stereocenters. The maximum atomic E-state index is 7.62. The lowest BCUT2D eigenvalue weighted by Crippen LogP contribution is -2.66. The van der Waals surface area contributed by atoms with E-state index in [0.29, 0.717) is 35.5 Å². The van der Waals surface area contributed by atoms with Gasteiger partial charge in [0.25, 0.3) is 0 Å². The Morgan fingerprint density at radius 1 is 0.667 bits per heavy atom. The molecule has 0 saturated heterocycles. The fourth-order valence-corrected chi connectivity index (χ4v) is 12.2. The van der Waals surface area contributed by atoms with E-state index in [0.717, 1.165) is 48.3 Å². The maximum absolute atomic E-state index is 7.62. The first-order valence-corrected chi connectivity index (χ1v) is 17.3. The van der Waals surface area contributed by atoms with Gasteiger partial charge < -0.3 is 17.7 Å². The van der Waals surface area contributed by atoms with Crippen LogP contribution < -0.4 is 8.85 Å². The molecule has 2 aromatic rings. The summed E-state index contributed by atoms with van der Waals surface area (Å²) in [7, 11) is -3.69. The fraction of sp³-hybridized carbons (Fsp3) is 0.647. The molecular formula is C34H46O4Si. The largest absolute Gasteiger partial charge is 0.821 e. The lowest BCUT2D eigenvalue weighted by molar-refractivity contribution is -0.157. The number of hydrogen-bond donors (Lipinski definition) is 0. The summed E-state index contributed by atoms with van der Waals surface area (Å²) in [5.74, 6) is 4.97. The molecule has 0 amide bonds. The molecule has 2 saturated carbocycles. The van der Waals surface area contributed by atoms with Crippen molar-refractivity contribution in [2.24, 2.45) is 35.5 Å². The topological polar surface area (TPSA) is 36.9 Å². The normalized spacial score (nSPS) is 36.2. The summed E-state index contributed by atoms with van der Waals surface area (Å²) < 4.78 is 29.6. The summed E-state index contributed by atoms with van der Waals surface area (Å²) in [5.41, 5.74) is 4.04. The fourth-order valence-electron chi connectivity index (χ4n) is 9.37. The molecule has 6 atom stereocenters. The molecule has 2 aliphatic carbocycles. The van der Waals surface area contributed by atoms with Gasteiger partial charge in [-0.05, 0) is 72.3 Å². The van der Waals surface area contributed by atoms with Gasteiger partial charge in [0.2, 0.25) is 0 Å². The van der Waals surface area contributed by atoms with Gasteiger partial charge in [-0.1, -0.05) is 90.8 Å². The number of para-hydroxylation sites is 2. The van der Waals surface area contributed by atoms with E-state index >= 15 is 0 Å². The maximum Gasteiger partial charge on any atom is 0.821 e. The van der Waals surface area contributed by atoms with E-state index in [4.69, 9.17) is 17.7 Å². The van der Waals surface area contributed by atoms with E-state index in [-0.39, 0.29) is 11.2 Å². The van der Waals surface area contributed by atoms with Crippen LogP contribution in [0.2, 0.25) is 0 Å². The molecule has 39 heavy (non-hydrogen) atoms. The van der Waals surface area contributed by atoms with E-state index in [1.807, 2.05) is 0 Å². The minimum atomic E-state index is -3.69. The molecule has 3 aliphatic heterocycles. The minimum Gasteiger partial charge on any atom is -0.470 e. The Hall–Kier alpha value is -1.82. The van der Waals surface area contributed by atoms with Gasteiger partial charge >= 0.3 is 9.05 Å². The summed E-state index contributed by atoms with van der Waals surface area (Å²) in [5, 5.41) is 0. The Kier molecular flexibility index (Phi) is 6.08. The van der Waals surface area contributed by atoms with Crippen molar-refractivity contribution in [1.29, 1.82) is 0 Å². The Bertz CT molecular complexity index is 1170. The number of benzene rings is 2. The quantitative estimate of drug-likeness (QED) is 0.355. The van der Waals surface area contributed by atoms with Crippen molar-refractivity contribution in [3.8, 4) is 22.6 Å². The van der Waals surface area contributed by atoms with Crippen LogP contribution in [0.4, 0.5) is 0 Å².